The van der Waals surface area contributed by atoms with Crippen molar-refractivity contribution in [3.63, 3.8) is 0 Å². The van der Waals surface area contributed by atoms with Crippen molar-refractivity contribution in [3.8, 4) is 11.3 Å². The zero-order valence-corrected chi connectivity index (χ0v) is 17.5. The van der Waals surface area contributed by atoms with Crippen molar-refractivity contribution >= 4 is 34.0 Å². The van der Waals surface area contributed by atoms with E-state index in [9.17, 15) is 9.18 Å². The van der Waals surface area contributed by atoms with Gasteiger partial charge in [-0.3, -0.25) is 15.2 Å². The predicted octanol–water partition coefficient (Wildman–Crippen LogP) is 4.38. The molecule has 2 bridgehead atoms. The number of aryl methyl sites for hydroxylation is 2. The second kappa shape index (κ2) is 7.32. The smallest absolute Gasteiger partial charge is 0.329 e. The monoisotopic (exact) mass is 424 g/mol. The number of pyridine rings is 2. The number of thiazole rings is 1. The SMILES string of the molecule is Cc1nc(NC(=O)N2c3nc(-c4cncc(F)c4)ccc3N3CCC2CC3)sc1C. The Kier molecular flexibility index (Phi) is 4.62. The summed E-state index contributed by atoms with van der Waals surface area (Å²) in [5, 5.41) is 3.54. The van der Waals surface area contributed by atoms with E-state index >= 15 is 0 Å². The Balaban J connectivity index is 1.56. The molecule has 0 radical (unpaired) electrons. The van der Waals surface area contributed by atoms with Gasteiger partial charge in [0.15, 0.2) is 10.9 Å². The maximum Gasteiger partial charge on any atom is 0.329 e. The number of carbonyl (C=O) groups excluding carboxylic acids is 1. The molecule has 0 aromatic carbocycles. The van der Waals surface area contributed by atoms with Gasteiger partial charge in [-0.25, -0.2) is 19.2 Å². The number of rotatable bonds is 2. The minimum absolute atomic E-state index is 0.0537. The lowest BCUT2D eigenvalue weighted by Gasteiger charge is -2.31. The number of hydrogen-bond acceptors (Lipinski definition) is 6. The molecule has 0 atom stereocenters. The van der Waals surface area contributed by atoms with Gasteiger partial charge >= 0.3 is 6.03 Å². The first-order valence-electron chi connectivity index (χ1n) is 9.91. The number of carbonyl (C=O) groups is 1. The van der Waals surface area contributed by atoms with E-state index in [1.54, 1.807) is 11.1 Å². The zero-order chi connectivity index (χ0) is 20.8. The second-order valence-corrected chi connectivity index (χ2v) is 8.81. The third-order valence-electron chi connectivity index (χ3n) is 5.71. The summed E-state index contributed by atoms with van der Waals surface area (Å²) in [6.07, 6.45) is 4.48. The van der Waals surface area contributed by atoms with E-state index in [1.165, 1.54) is 17.4 Å². The van der Waals surface area contributed by atoms with Crippen LogP contribution in [-0.4, -0.2) is 40.1 Å². The van der Waals surface area contributed by atoms with Crippen LogP contribution in [0.4, 0.5) is 25.8 Å². The van der Waals surface area contributed by atoms with Crippen molar-refractivity contribution in [1.82, 2.24) is 15.0 Å². The van der Waals surface area contributed by atoms with Crippen LogP contribution in [0.15, 0.2) is 30.6 Å². The van der Waals surface area contributed by atoms with Crippen LogP contribution in [-0.2, 0) is 0 Å². The van der Waals surface area contributed by atoms with Crippen molar-refractivity contribution < 1.29 is 9.18 Å². The van der Waals surface area contributed by atoms with Crippen molar-refractivity contribution in [1.29, 1.82) is 0 Å². The summed E-state index contributed by atoms with van der Waals surface area (Å²) in [6, 6.07) is 5.05. The first kappa shape index (κ1) is 18.9. The number of nitrogens with one attached hydrogen (secondary N) is 1. The standard InChI is InChI=1S/C21H21FN6OS/c1-12-13(2)30-20(24-12)26-21(29)28-16-5-7-27(8-6-16)18-4-3-17(25-19(18)28)14-9-15(22)11-23-10-14/h3-4,9-11,16H,5-8H2,1-2H3,(H,24,26,29). The molecule has 1 fully saturated rings. The minimum atomic E-state index is -0.419. The Hall–Kier alpha value is -3.07. The van der Waals surface area contributed by atoms with E-state index in [4.69, 9.17) is 4.98 Å². The summed E-state index contributed by atoms with van der Waals surface area (Å²) in [7, 11) is 0. The molecule has 30 heavy (non-hydrogen) atoms. The molecule has 0 saturated carbocycles. The van der Waals surface area contributed by atoms with Crippen LogP contribution < -0.4 is 15.1 Å². The van der Waals surface area contributed by atoms with E-state index in [-0.39, 0.29) is 12.1 Å². The molecule has 154 valence electrons. The Labute approximate surface area is 177 Å². The molecule has 3 aromatic rings. The Morgan fingerprint density at radius 2 is 2.00 bits per heavy atom. The van der Waals surface area contributed by atoms with Gasteiger partial charge in [0.2, 0.25) is 0 Å². The number of nitrogens with zero attached hydrogens (tertiary/aromatic N) is 5. The Morgan fingerprint density at radius 1 is 1.20 bits per heavy atom. The second-order valence-electron chi connectivity index (χ2n) is 7.61. The van der Waals surface area contributed by atoms with Gasteiger partial charge in [0.25, 0.3) is 0 Å². The zero-order valence-electron chi connectivity index (χ0n) is 16.7. The molecule has 9 heteroatoms. The van der Waals surface area contributed by atoms with Gasteiger partial charge < -0.3 is 4.90 Å². The number of urea groups is 1. The highest BCUT2D eigenvalue weighted by Gasteiger charge is 2.37. The third-order valence-corrected chi connectivity index (χ3v) is 6.70. The van der Waals surface area contributed by atoms with E-state index in [0.29, 0.717) is 22.2 Å². The molecule has 2 amide bonds. The van der Waals surface area contributed by atoms with Gasteiger partial charge in [-0.05, 0) is 44.9 Å². The van der Waals surface area contributed by atoms with E-state index in [2.05, 4.69) is 20.2 Å². The topological polar surface area (TPSA) is 74.2 Å². The third kappa shape index (κ3) is 3.28. The van der Waals surface area contributed by atoms with E-state index in [1.807, 2.05) is 26.0 Å². The average molecular weight is 425 g/mol. The fraction of sp³-hybridized carbons (Fsp3) is 0.333. The van der Waals surface area contributed by atoms with Gasteiger partial charge in [-0.15, -0.1) is 11.3 Å². The lowest BCUT2D eigenvalue weighted by Crippen LogP contribution is -2.46. The molecule has 6 rings (SSSR count). The molecular formula is C21H21FN6OS. The number of hydrogen-bond donors (Lipinski definition) is 1. The van der Waals surface area contributed by atoms with Crippen molar-refractivity contribution in [2.24, 2.45) is 0 Å². The number of halogens is 1. The fourth-order valence-electron chi connectivity index (χ4n) is 4.06. The highest BCUT2D eigenvalue weighted by Crippen LogP contribution is 2.39. The van der Waals surface area contributed by atoms with Crippen LogP contribution in [0, 0.1) is 19.7 Å². The maximum atomic E-state index is 13.7. The first-order valence-corrected chi connectivity index (χ1v) is 10.7. The van der Waals surface area contributed by atoms with Crippen molar-refractivity contribution in [2.45, 2.75) is 32.7 Å². The van der Waals surface area contributed by atoms with Gasteiger partial charge in [-0.1, -0.05) is 0 Å². The van der Waals surface area contributed by atoms with Gasteiger partial charge in [-0.2, -0.15) is 0 Å². The molecule has 0 spiro atoms. The molecule has 7 nitrogen and oxygen atoms in total. The number of anilines is 3. The molecule has 1 saturated heterocycles. The summed E-state index contributed by atoms with van der Waals surface area (Å²) in [6.45, 7) is 5.66. The summed E-state index contributed by atoms with van der Waals surface area (Å²) < 4.78 is 13.7. The molecule has 6 heterocycles. The van der Waals surface area contributed by atoms with Gasteiger partial charge in [0, 0.05) is 35.8 Å². The maximum absolute atomic E-state index is 13.7. The average Bonchev–Trinajstić information content (AvgIpc) is 2.90. The molecule has 0 unspecified atom stereocenters. The molecule has 3 aliphatic rings. The number of fused-ring (bicyclic) bond motifs is 2. The van der Waals surface area contributed by atoms with Gasteiger partial charge in [0.05, 0.1) is 23.3 Å². The number of aromatic nitrogens is 3. The van der Waals surface area contributed by atoms with Gasteiger partial charge in [0.1, 0.15) is 5.82 Å². The minimum Gasteiger partial charge on any atom is -0.368 e. The van der Waals surface area contributed by atoms with E-state index < -0.39 is 5.82 Å². The molecule has 1 N–H and O–H groups in total. The van der Waals surface area contributed by atoms with Crippen LogP contribution in [0.3, 0.4) is 0 Å². The Bertz CT molecular complexity index is 1100. The predicted molar refractivity (Wildman–Crippen MR) is 116 cm³/mol. The van der Waals surface area contributed by atoms with Crippen LogP contribution in [0.1, 0.15) is 23.4 Å². The van der Waals surface area contributed by atoms with Crippen molar-refractivity contribution in [3.05, 3.63) is 47.0 Å². The highest BCUT2D eigenvalue weighted by atomic mass is 32.1. The Morgan fingerprint density at radius 3 is 2.70 bits per heavy atom. The summed E-state index contributed by atoms with van der Waals surface area (Å²) in [5.74, 6) is 0.177. The quantitative estimate of drug-likeness (QED) is 0.661. The first-order chi connectivity index (χ1) is 14.5. The molecule has 3 aromatic heterocycles. The summed E-state index contributed by atoms with van der Waals surface area (Å²) >= 11 is 1.46. The van der Waals surface area contributed by atoms with E-state index in [0.717, 1.165) is 48.4 Å². The van der Waals surface area contributed by atoms with Crippen molar-refractivity contribution in [2.75, 3.05) is 28.2 Å². The van der Waals surface area contributed by atoms with Crippen LogP contribution >= 0.6 is 11.3 Å². The number of piperidine rings is 1. The molecule has 0 aliphatic carbocycles. The van der Waals surface area contributed by atoms with Crippen LogP contribution in [0.2, 0.25) is 0 Å². The number of amides is 2. The lowest BCUT2D eigenvalue weighted by atomic mass is 10.1. The van der Waals surface area contributed by atoms with Crippen LogP contribution in [0.25, 0.3) is 11.3 Å². The highest BCUT2D eigenvalue weighted by molar-refractivity contribution is 7.15. The van der Waals surface area contributed by atoms with Crippen LogP contribution in [0.5, 0.6) is 0 Å². The molecule has 3 aliphatic heterocycles. The normalized spacial score (nSPS) is 15.8. The largest absolute Gasteiger partial charge is 0.368 e. The summed E-state index contributed by atoms with van der Waals surface area (Å²) in [4.78, 5) is 31.6. The molecular weight excluding hydrogens is 403 g/mol. The fourth-order valence-corrected chi connectivity index (χ4v) is 4.86. The lowest BCUT2D eigenvalue weighted by molar-refractivity contribution is 0.253. The summed E-state index contributed by atoms with van der Waals surface area (Å²) in [5.41, 5.74) is 3.00.